The third-order valence-electron chi connectivity index (χ3n) is 3.66. The second-order valence-corrected chi connectivity index (χ2v) is 5.59. The molecule has 1 aliphatic rings. The highest BCUT2D eigenvalue weighted by atomic mass is 35.5. The van der Waals surface area contributed by atoms with Crippen LogP contribution in [0, 0.1) is 6.92 Å². The van der Waals surface area contributed by atoms with E-state index in [0.29, 0.717) is 43.2 Å². The van der Waals surface area contributed by atoms with Crippen LogP contribution in [0.2, 0.25) is 5.02 Å². The lowest BCUT2D eigenvalue weighted by atomic mass is 10.2. The minimum absolute atomic E-state index is 0.113. The Hall–Kier alpha value is -1.62. The van der Waals surface area contributed by atoms with E-state index in [1.807, 2.05) is 18.7 Å². The van der Waals surface area contributed by atoms with Gasteiger partial charge in [0.15, 0.2) is 0 Å². The zero-order chi connectivity index (χ0) is 15.4. The van der Waals surface area contributed by atoms with E-state index in [9.17, 15) is 9.59 Å². The van der Waals surface area contributed by atoms with Crippen LogP contribution in [0.25, 0.3) is 0 Å². The van der Waals surface area contributed by atoms with Gasteiger partial charge in [0, 0.05) is 44.5 Å². The number of amides is 2. The first kappa shape index (κ1) is 15.8. The third kappa shape index (κ3) is 3.73. The van der Waals surface area contributed by atoms with Crippen molar-refractivity contribution in [1.82, 2.24) is 14.8 Å². The van der Waals surface area contributed by atoms with Crippen LogP contribution in [-0.2, 0) is 4.79 Å². The van der Waals surface area contributed by atoms with E-state index in [4.69, 9.17) is 11.6 Å². The molecule has 21 heavy (non-hydrogen) atoms. The summed E-state index contributed by atoms with van der Waals surface area (Å²) in [6.45, 7) is 6.14. The quantitative estimate of drug-likeness (QED) is 0.841. The zero-order valence-electron chi connectivity index (χ0n) is 12.4. The Morgan fingerprint density at radius 3 is 2.57 bits per heavy atom. The molecule has 1 aromatic heterocycles. The lowest BCUT2D eigenvalue weighted by Gasteiger charge is -2.22. The van der Waals surface area contributed by atoms with E-state index in [-0.39, 0.29) is 11.8 Å². The number of aryl methyl sites for hydroxylation is 1. The summed E-state index contributed by atoms with van der Waals surface area (Å²) in [5.74, 6) is 0.0256. The van der Waals surface area contributed by atoms with Gasteiger partial charge in [-0.15, -0.1) is 0 Å². The molecule has 0 unspecified atom stereocenters. The summed E-state index contributed by atoms with van der Waals surface area (Å²) >= 11 is 6.13. The van der Waals surface area contributed by atoms with Crippen LogP contribution in [-0.4, -0.2) is 52.8 Å². The Balaban J connectivity index is 2.08. The van der Waals surface area contributed by atoms with Crippen molar-refractivity contribution in [3.8, 4) is 0 Å². The van der Waals surface area contributed by atoms with E-state index in [2.05, 4.69) is 4.98 Å². The molecule has 0 aromatic carbocycles. The first-order chi connectivity index (χ1) is 10.0. The van der Waals surface area contributed by atoms with Crippen LogP contribution >= 0.6 is 11.6 Å². The summed E-state index contributed by atoms with van der Waals surface area (Å²) in [4.78, 5) is 32.0. The Bertz CT molecular complexity index is 548. The predicted molar refractivity (Wildman–Crippen MR) is 81.4 cm³/mol. The van der Waals surface area contributed by atoms with Gasteiger partial charge in [-0.2, -0.15) is 0 Å². The Morgan fingerprint density at radius 2 is 1.90 bits per heavy atom. The number of carbonyl (C=O) groups is 2. The summed E-state index contributed by atoms with van der Waals surface area (Å²) in [5, 5.41) is 0.429. The third-order valence-corrected chi connectivity index (χ3v) is 3.97. The van der Waals surface area contributed by atoms with E-state index >= 15 is 0 Å². The minimum Gasteiger partial charge on any atom is -0.341 e. The van der Waals surface area contributed by atoms with Crippen molar-refractivity contribution in [2.45, 2.75) is 26.7 Å². The first-order valence-electron chi connectivity index (χ1n) is 7.22. The Kier molecular flexibility index (Phi) is 5.17. The van der Waals surface area contributed by atoms with Gasteiger partial charge in [0.2, 0.25) is 5.91 Å². The van der Waals surface area contributed by atoms with E-state index in [1.54, 1.807) is 11.0 Å². The number of halogens is 1. The second-order valence-electron chi connectivity index (χ2n) is 5.19. The van der Waals surface area contributed by atoms with Gasteiger partial charge in [0.05, 0.1) is 10.6 Å². The van der Waals surface area contributed by atoms with Crippen LogP contribution in [0.5, 0.6) is 0 Å². The van der Waals surface area contributed by atoms with Crippen molar-refractivity contribution in [2.24, 2.45) is 0 Å². The van der Waals surface area contributed by atoms with E-state index in [1.165, 1.54) is 6.20 Å². The van der Waals surface area contributed by atoms with Crippen LogP contribution in [0.15, 0.2) is 12.3 Å². The molecule has 1 fully saturated rings. The number of rotatable bonds is 2. The fourth-order valence-electron chi connectivity index (χ4n) is 2.45. The van der Waals surface area contributed by atoms with Crippen molar-refractivity contribution >= 4 is 23.4 Å². The fourth-order valence-corrected chi connectivity index (χ4v) is 2.74. The molecule has 2 heterocycles. The number of carbonyl (C=O) groups excluding carboxylic acids is 2. The van der Waals surface area contributed by atoms with E-state index in [0.717, 1.165) is 12.1 Å². The van der Waals surface area contributed by atoms with Crippen LogP contribution in [0.4, 0.5) is 0 Å². The van der Waals surface area contributed by atoms with Gasteiger partial charge >= 0.3 is 0 Å². The lowest BCUT2D eigenvalue weighted by Crippen LogP contribution is -2.37. The number of pyridine rings is 1. The van der Waals surface area contributed by atoms with Gasteiger partial charge in [0.25, 0.3) is 5.91 Å². The van der Waals surface area contributed by atoms with Crippen LogP contribution in [0.3, 0.4) is 0 Å². The molecule has 0 atom stereocenters. The molecule has 0 aliphatic carbocycles. The SMILES string of the molecule is CCC(=O)N1CCCN(C(=O)c2cnc(C)cc2Cl)CC1. The largest absolute Gasteiger partial charge is 0.341 e. The molecule has 6 heteroatoms. The van der Waals surface area contributed by atoms with Crippen molar-refractivity contribution in [3.63, 3.8) is 0 Å². The van der Waals surface area contributed by atoms with Crippen molar-refractivity contribution < 1.29 is 9.59 Å². The van der Waals surface area contributed by atoms with Crippen LogP contribution < -0.4 is 0 Å². The number of aromatic nitrogens is 1. The predicted octanol–water partition coefficient (Wildman–Crippen LogP) is 2.13. The average Bonchev–Trinajstić information content (AvgIpc) is 2.71. The fraction of sp³-hybridized carbons (Fsp3) is 0.533. The monoisotopic (exact) mass is 309 g/mol. The Morgan fingerprint density at radius 1 is 1.24 bits per heavy atom. The molecule has 1 aromatic rings. The molecule has 0 bridgehead atoms. The molecular formula is C15H20ClN3O2. The molecular weight excluding hydrogens is 290 g/mol. The van der Waals surface area contributed by atoms with Gasteiger partial charge in [0.1, 0.15) is 0 Å². The van der Waals surface area contributed by atoms with Crippen LogP contribution in [0.1, 0.15) is 35.8 Å². The molecule has 1 aliphatic heterocycles. The summed E-state index contributed by atoms with van der Waals surface area (Å²) in [5.41, 5.74) is 1.21. The van der Waals surface area contributed by atoms with Gasteiger partial charge < -0.3 is 9.80 Å². The summed E-state index contributed by atoms with van der Waals surface area (Å²) < 4.78 is 0. The molecule has 1 saturated heterocycles. The summed E-state index contributed by atoms with van der Waals surface area (Å²) in [6, 6.07) is 1.69. The average molecular weight is 310 g/mol. The second kappa shape index (κ2) is 6.89. The molecule has 5 nitrogen and oxygen atoms in total. The smallest absolute Gasteiger partial charge is 0.257 e. The summed E-state index contributed by atoms with van der Waals surface area (Å²) in [6.07, 6.45) is 2.82. The molecule has 2 amide bonds. The normalized spacial score (nSPS) is 15.8. The Labute approximate surface area is 129 Å². The molecule has 0 N–H and O–H groups in total. The molecule has 114 valence electrons. The van der Waals surface area contributed by atoms with Crippen molar-refractivity contribution in [1.29, 1.82) is 0 Å². The first-order valence-corrected chi connectivity index (χ1v) is 7.60. The molecule has 0 saturated carbocycles. The summed E-state index contributed by atoms with van der Waals surface area (Å²) in [7, 11) is 0. The van der Waals surface area contributed by atoms with Gasteiger partial charge in [-0.3, -0.25) is 14.6 Å². The maximum atomic E-state index is 12.5. The number of nitrogens with zero attached hydrogens (tertiary/aromatic N) is 3. The van der Waals surface area contributed by atoms with Gasteiger partial charge in [-0.25, -0.2) is 0 Å². The topological polar surface area (TPSA) is 53.5 Å². The highest BCUT2D eigenvalue weighted by molar-refractivity contribution is 6.33. The van der Waals surface area contributed by atoms with Crippen molar-refractivity contribution in [3.05, 3.63) is 28.5 Å². The van der Waals surface area contributed by atoms with Crippen molar-refractivity contribution in [2.75, 3.05) is 26.2 Å². The maximum absolute atomic E-state index is 12.5. The minimum atomic E-state index is -0.113. The number of hydrogen-bond acceptors (Lipinski definition) is 3. The number of hydrogen-bond donors (Lipinski definition) is 0. The highest BCUT2D eigenvalue weighted by Crippen LogP contribution is 2.18. The maximum Gasteiger partial charge on any atom is 0.257 e. The standard InChI is InChI=1S/C15H20ClN3O2/c1-3-14(20)18-5-4-6-19(8-7-18)15(21)12-10-17-11(2)9-13(12)16/h9-10H,3-8H2,1-2H3. The lowest BCUT2D eigenvalue weighted by molar-refractivity contribution is -0.130. The zero-order valence-corrected chi connectivity index (χ0v) is 13.2. The van der Waals surface area contributed by atoms with E-state index < -0.39 is 0 Å². The highest BCUT2D eigenvalue weighted by Gasteiger charge is 2.23. The van der Waals surface area contributed by atoms with Gasteiger partial charge in [-0.1, -0.05) is 18.5 Å². The van der Waals surface area contributed by atoms with Gasteiger partial charge in [-0.05, 0) is 19.4 Å². The molecule has 0 spiro atoms. The molecule has 2 rings (SSSR count). The molecule has 0 radical (unpaired) electrons.